The van der Waals surface area contributed by atoms with Crippen molar-refractivity contribution < 1.29 is 4.74 Å². The number of hydrogen-bond donors (Lipinski definition) is 2. The lowest BCUT2D eigenvalue weighted by Gasteiger charge is -2.36. The minimum Gasteiger partial charge on any atom is -0.381 e. The molecule has 1 fully saturated rings. The molecule has 24 heavy (non-hydrogen) atoms. The molecule has 0 unspecified atom stereocenters. The number of hydrogen-bond acceptors (Lipinski definition) is 3. The molecule has 3 N–H and O–H groups in total. The molecule has 1 aliphatic rings. The third kappa shape index (κ3) is 4.13. The first-order chi connectivity index (χ1) is 11.7. The zero-order valence-corrected chi connectivity index (χ0v) is 15.0. The predicted molar refractivity (Wildman–Crippen MR) is 100 cm³/mol. The van der Waals surface area contributed by atoms with Crippen LogP contribution in [0.15, 0.2) is 58.1 Å². The Hall–Kier alpha value is -1.92. The molecule has 0 aliphatic carbocycles. The number of pyridine rings is 1. The van der Waals surface area contributed by atoms with Crippen molar-refractivity contribution in [1.82, 2.24) is 4.98 Å². The van der Waals surface area contributed by atoms with Crippen molar-refractivity contribution in [2.45, 2.75) is 18.3 Å². The number of rotatable bonds is 4. The molecule has 126 valence electrons. The smallest absolute Gasteiger partial charge is 0.194 e. The Kier molecular flexibility index (Phi) is 5.48. The molecule has 1 aliphatic heterocycles. The molecule has 2 heterocycles. The minimum atomic E-state index is -0.0324. The largest absolute Gasteiger partial charge is 0.381 e. The van der Waals surface area contributed by atoms with E-state index in [0.717, 1.165) is 30.5 Å². The molecule has 0 bridgehead atoms. The van der Waals surface area contributed by atoms with Crippen molar-refractivity contribution in [3.8, 4) is 0 Å². The number of ether oxygens (including phenoxy) is 1. The molecule has 0 spiro atoms. The number of aromatic nitrogens is 1. The van der Waals surface area contributed by atoms with Gasteiger partial charge in [0.1, 0.15) is 5.82 Å². The van der Waals surface area contributed by atoms with Gasteiger partial charge in [0, 0.05) is 29.3 Å². The highest BCUT2D eigenvalue weighted by Crippen LogP contribution is 2.35. The van der Waals surface area contributed by atoms with Crippen LogP contribution in [0.4, 0.5) is 5.82 Å². The number of aliphatic imine (C=N–C) groups is 1. The van der Waals surface area contributed by atoms with E-state index in [-0.39, 0.29) is 5.41 Å². The standard InChI is InChI=1S/C18H21BrN4O/c19-15-6-4-14(5-7-15)18(8-11-24-12-9-18)13-22-17(20)23-16-3-1-2-10-21-16/h1-7,10H,8-9,11-13H2,(H3,20,21,22,23). The number of benzene rings is 1. The Morgan fingerprint density at radius 3 is 2.62 bits per heavy atom. The van der Waals surface area contributed by atoms with Gasteiger partial charge in [0.05, 0.1) is 6.54 Å². The van der Waals surface area contributed by atoms with E-state index in [1.807, 2.05) is 18.2 Å². The third-order valence-corrected chi connectivity index (χ3v) is 4.91. The summed E-state index contributed by atoms with van der Waals surface area (Å²) in [6.45, 7) is 2.13. The van der Waals surface area contributed by atoms with E-state index < -0.39 is 0 Å². The highest BCUT2D eigenvalue weighted by Gasteiger charge is 2.34. The summed E-state index contributed by atoms with van der Waals surface area (Å²) in [6, 6.07) is 14.1. The van der Waals surface area contributed by atoms with Crippen LogP contribution in [0.2, 0.25) is 0 Å². The fourth-order valence-electron chi connectivity index (χ4n) is 2.95. The van der Waals surface area contributed by atoms with Gasteiger partial charge in [-0.3, -0.25) is 4.99 Å². The van der Waals surface area contributed by atoms with Gasteiger partial charge >= 0.3 is 0 Å². The van der Waals surface area contributed by atoms with Gasteiger partial charge in [0.15, 0.2) is 5.96 Å². The van der Waals surface area contributed by atoms with Gasteiger partial charge < -0.3 is 15.8 Å². The minimum absolute atomic E-state index is 0.0324. The number of nitrogens with two attached hydrogens (primary N) is 1. The van der Waals surface area contributed by atoms with Crippen molar-refractivity contribution in [3.05, 3.63) is 58.7 Å². The molecule has 0 saturated carbocycles. The third-order valence-electron chi connectivity index (χ3n) is 4.38. The Balaban J connectivity index is 1.77. The quantitative estimate of drug-likeness (QED) is 0.622. The molecule has 1 aromatic carbocycles. The highest BCUT2D eigenvalue weighted by atomic mass is 79.9. The molecule has 1 saturated heterocycles. The Morgan fingerprint density at radius 1 is 1.21 bits per heavy atom. The lowest BCUT2D eigenvalue weighted by atomic mass is 9.74. The second-order valence-electron chi connectivity index (χ2n) is 5.94. The topological polar surface area (TPSA) is 72.5 Å². The highest BCUT2D eigenvalue weighted by molar-refractivity contribution is 9.10. The van der Waals surface area contributed by atoms with Crippen LogP contribution in [0, 0.1) is 0 Å². The first kappa shape index (κ1) is 16.9. The second kappa shape index (κ2) is 7.77. The molecule has 3 rings (SSSR count). The van der Waals surface area contributed by atoms with Gasteiger partial charge in [-0.2, -0.15) is 0 Å². The maximum Gasteiger partial charge on any atom is 0.194 e. The zero-order valence-electron chi connectivity index (χ0n) is 13.4. The summed E-state index contributed by atoms with van der Waals surface area (Å²) < 4.78 is 6.63. The van der Waals surface area contributed by atoms with Crippen molar-refractivity contribution in [3.63, 3.8) is 0 Å². The van der Waals surface area contributed by atoms with Gasteiger partial charge in [-0.15, -0.1) is 0 Å². The average Bonchev–Trinajstić information content (AvgIpc) is 2.62. The zero-order chi connectivity index (χ0) is 16.8. The fraction of sp³-hybridized carbons (Fsp3) is 0.333. The van der Waals surface area contributed by atoms with Crippen LogP contribution >= 0.6 is 15.9 Å². The Bertz CT molecular complexity index is 682. The number of anilines is 1. The van der Waals surface area contributed by atoms with Crippen molar-refractivity contribution in [2.24, 2.45) is 10.7 Å². The van der Waals surface area contributed by atoms with Crippen molar-refractivity contribution >= 4 is 27.7 Å². The summed E-state index contributed by atoms with van der Waals surface area (Å²) in [7, 11) is 0. The molecule has 6 heteroatoms. The number of halogens is 1. The summed E-state index contributed by atoms with van der Waals surface area (Å²) in [4.78, 5) is 8.79. The van der Waals surface area contributed by atoms with Gasteiger partial charge in [-0.1, -0.05) is 34.1 Å². The summed E-state index contributed by atoms with van der Waals surface area (Å²) in [5.41, 5.74) is 7.29. The molecular weight excluding hydrogens is 368 g/mol. The van der Waals surface area contributed by atoms with E-state index in [0.29, 0.717) is 18.3 Å². The maximum absolute atomic E-state index is 6.04. The van der Waals surface area contributed by atoms with Gasteiger partial charge in [0.2, 0.25) is 0 Å². The van der Waals surface area contributed by atoms with E-state index in [4.69, 9.17) is 10.5 Å². The first-order valence-corrected chi connectivity index (χ1v) is 8.79. The lowest BCUT2D eigenvalue weighted by Crippen LogP contribution is -2.38. The molecular formula is C18H21BrN4O. The summed E-state index contributed by atoms with van der Waals surface area (Å²) in [6.07, 6.45) is 3.60. The lowest BCUT2D eigenvalue weighted by molar-refractivity contribution is 0.0531. The van der Waals surface area contributed by atoms with Crippen molar-refractivity contribution in [2.75, 3.05) is 25.1 Å². The number of nitrogens with one attached hydrogen (secondary N) is 1. The SMILES string of the molecule is NC(=NCC1(c2ccc(Br)cc2)CCOCC1)Nc1ccccn1. The maximum atomic E-state index is 6.04. The second-order valence-corrected chi connectivity index (χ2v) is 6.86. The first-order valence-electron chi connectivity index (χ1n) is 8.00. The summed E-state index contributed by atoms with van der Waals surface area (Å²) in [5, 5.41) is 3.04. The van der Waals surface area contributed by atoms with E-state index in [1.165, 1.54) is 5.56 Å². The van der Waals surface area contributed by atoms with Gasteiger partial charge in [-0.05, 0) is 42.7 Å². The molecule has 5 nitrogen and oxygen atoms in total. The molecule has 0 amide bonds. The normalized spacial score (nSPS) is 17.5. The number of nitrogens with zero attached hydrogens (tertiary/aromatic N) is 2. The molecule has 2 aromatic rings. The van der Waals surface area contributed by atoms with Crippen LogP contribution in [-0.2, 0) is 10.2 Å². The molecule has 0 radical (unpaired) electrons. The van der Waals surface area contributed by atoms with Crippen LogP contribution in [0.1, 0.15) is 18.4 Å². The van der Waals surface area contributed by atoms with Crippen LogP contribution < -0.4 is 11.1 Å². The Morgan fingerprint density at radius 2 is 1.96 bits per heavy atom. The van der Waals surface area contributed by atoms with Crippen LogP contribution in [0.3, 0.4) is 0 Å². The van der Waals surface area contributed by atoms with E-state index in [9.17, 15) is 0 Å². The van der Waals surface area contributed by atoms with Crippen LogP contribution in [0.5, 0.6) is 0 Å². The molecule has 0 atom stereocenters. The summed E-state index contributed by atoms with van der Waals surface area (Å²) in [5.74, 6) is 1.08. The predicted octanol–water partition coefficient (Wildman–Crippen LogP) is 3.32. The van der Waals surface area contributed by atoms with E-state index in [2.05, 4.69) is 55.5 Å². The van der Waals surface area contributed by atoms with E-state index in [1.54, 1.807) is 6.20 Å². The monoisotopic (exact) mass is 388 g/mol. The Labute approximate surface area is 150 Å². The summed E-state index contributed by atoms with van der Waals surface area (Å²) >= 11 is 3.50. The van der Waals surface area contributed by atoms with Gasteiger partial charge in [0.25, 0.3) is 0 Å². The van der Waals surface area contributed by atoms with Crippen molar-refractivity contribution in [1.29, 1.82) is 0 Å². The number of guanidine groups is 1. The van der Waals surface area contributed by atoms with Gasteiger partial charge in [-0.25, -0.2) is 4.98 Å². The van der Waals surface area contributed by atoms with Crippen LogP contribution in [0.25, 0.3) is 0 Å². The molecule has 1 aromatic heterocycles. The average molecular weight is 389 g/mol. The van der Waals surface area contributed by atoms with E-state index >= 15 is 0 Å². The fourth-order valence-corrected chi connectivity index (χ4v) is 3.21. The van der Waals surface area contributed by atoms with Crippen LogP contribution in [-0.4, -0.2) is 30.7 Å².